The molecule has 0 fully saturated rings. The summed E-state index contributed by atoms with van der Waals surface area (Å²) in [6.45, 7) is 0. The molecule has 0 aliphatic rings. The van der Waals surface area contributed by atoms with Crippen molar-refractivity contribution in [1.82, 2.24) is 20.5 Å². The lowest BCUT2D eigenvalue weighted by Gasteiger charge is -2.14. The molecular formula is C24H18FN5O2. The molecule has 2 aromatic carbocycles. The summed E-state index contributed by atoms with van der Waals surface area (Å²) in [5.74, 6) is -0.466. The Labute approximate surface area is 183 Å². The highest BCUT2D eigenvalue weighted by Crippen LogP contribution is 2.32. The number of amides is 1. The second kappa shape index (κ2) is 9.10. The normalized spacial score (nSPS) is 11.9. The van der Waals surface area contributed by atoms with Crippen LogP contribution in [0, 0.1) is 17.1 Å². The molecule has 1 unspecified atom stereocenters. The lowest BCUT2D eigenvalue weighted by molar-refractivity contribution is 0.0941. The van der Waals surface area contributed by atoms with E-state index in [0.717, 1.165) is 5.56 Å². The monoisotopic (exact) mass is 427 g/mol. The van der Waals surface area contributed by atoms with Crippen LogP contribution in [0.15, 0.2) is 60.8 Å². The number of aromatic amines is 1. The van der Waals surface area contributed by atoms with E-state index in [1.807, 2.05) is 0 Å². The minimum absolute atomic E-state index is 0.258. The molecule has 158 valence electrons. The van der Waals surface area contributed by atoms with Gasteiger partial charge in [0.1, 0.15) is 11.6 Å². The summed E-state index contributed by atoms with van der Waals surface area (Å²) in [7, 11) is 1.46. The fourth-order valence-corrected chi connectivity index (χ4v) is 3.29. The number of ether oxygens (including phenoxy) is 1. The van der Waals surface area contributed by atoms with Crippen molar-refractivity contribution in [3.8, 4) is 11.8 Å². The summed E-state index contributed by atoms with van der Waals surface area (Å²) < 4.78 is 18.7. The van der Waals surface area contributed by atoms with Gasteiger partial charge in [0.2, 0.25) is 0 Å². The molecule has 7 nitrogen and oxygen atoms in total. The van der Waals surface area contributed by atoms with Crippen LogP contribution < -0.4 is 10.1 Å². The largest absolute Gasteiger partial charge is 0.495 e. The molecule has 1 amide bonds. The molecule has 0 radical (unpaired) electrons. The Hall–Kier alpha value is -4.51. The number of nitriles is 1. The van der Waals surface area contributed by atoms with E-state index < -0.39 is 11.9 Å². The average molecular weight is 427 g/mol. The molecule has 0 aliphatic heterocycles. The number of fused-ring (bicyclic) bond motifs is 1. The summed E-state index contributed by atoms with van der Waals surface area (Å²) in [4.78, 5) is 17.1. The first kappa shape index (κ1) is 20.8. The van der Waals surface area contributed by atoms with Gasteiger partial charge in [-0.15, -0.1) is 0 Å². The molecule has 4 aromatic rings. The number of H-pyrrole nitrogens is 1. The maximum Gasteiger partial charge on any atom is 0.256 e. The van der Waals surface area contributed by atoms with Crippen LogP contribution in [0.3, 0.4) is 0 Å². The first-order chi connectivity index (χ1) is 15.6. The summed E-state index contributed by atoms with van der Waals surface area (Å²) in [6.07, 6.45) is 5.10. The average Bonchev–Trinajstić information content (AvgIpc) is 3.25. The van der Waals surface area contributed by atoms with Crippen LogP contribution >= 0.6 is 0 Å². The van der Waals surface area contributed by atoms with Crippen molar-refractivity contribution >= 4 is 29.0 Å². The Bertz CT molecular complexity index is 1320. The van der Waals surface area contributed by atoms with Gasteiger partial charge < -0.3 is 10.1 Å². The van der Waals surface area contributed by atoms with Crippen molar-refractivity contribution in [3.05, 3.63) is 89.1 Å². The minimum atomic E-state index is -0.911. The van der Waals surface area contributed by atoms with Gasteiger partial charge in [-0.2, -0.15) is 10.4 Å². The van der Waals surface area contributed by atoms with Gasteiger partial charge in [-0.05, 0) is 48.0 Å². The highest BCUT2D eigenvalue weighted by atomic mass is 19.1. The van der Waals surface area contributed by atoms with E-state index in [1.54, 1.807) is 60.8 Å². The lowest BCUT2D eigenvalue weighted by Crippen LogP contribution is -2.28. The molecule has 2 aromatic heterocycles. The summed E-state index contributed by atoms with van der Waals surface area (Å²) in [6, 6.07) is 15.7. The number of pyridine rings is 1. The smallest absolute Gasteiger partial charge is 0.256 e. The van der Waals surface area contributed by atoms with Gasteiger partial charge in [0.15, 0.2) is 6.04 Å². The maximum atomic E-state index is 13.1. The molecule has 0 bridgehead atoms. The van der Waals surface area contributed by atoms with Crippen LogP contribution in [-0.4, -0.2) is 28.2 Å². The second-order valence-electron chi connectivity index (χ2n) is 6.85. The molecule has 0 saturated heterocycles. The standard InChI is InChI=1S/C24H18FN5O2/c1-32-23-17(24(31)28-21(14-26)18-4-2-3-13-27-18)10-12-20-22(23)19(29-30-20)11-7-15-5-8-16(25)9-6-15/h2-13,21H,1H3,(H,28,31)(H,29,30)/b11-7+. The number of carbonyl (C=O) groups is 1. The number of hydrogen-bond donors (Lipinski definition) is 2. The fourth-order valence-electron chi connectivity index (χ4n) is 3.29. The highest BCUT2D eigenvalue weighted by Gasteiger charge is 2.22. The van der Waals surface area contributed by atoms with Crippen molar-refractivity contribution < 1.29 is 13.9 Å². The number of aromatic nitrogens is 3. The van der Waals surface area contributed by atoms with Gasteiger partial charge >= 0.3 is 0 Å². The van der Waals surface area contributed by atoms with Gasteiger partial charge in [0, 0.05) is 6.20 Å². The first-order valence-electron chi connectivity index (χ1n) is 9.71. The third-order valence-corrected chi connectivity index (χ3v) is 4.85. The Morgan fingerprint density at radius 1 is 1.19 bits per heavy atom. The molecule has 2 N–H and O–H groups in total. The number of nitrogens with zero attached hydrogens (tertiary/aromatic N) is 3. The second-order valence-corrected chi connectivity index (χ2v) is 6.85. The molecule has 4 rings (SSSR count). The zero-order chi connectivity index (χ0) is 22.5. The zero-order valence-corrected chi connectivity index (χ0v) is 17.0. The number of rotatable bonds is 6. The first-order valence-corrected chi connectivity index (χ1v) is 9.71. The van der Waals surface area contributed by atoms with Crippen LogP contribution in [0.2, 0.25) is 0 Å². The number of benzene rings is 2. The summed E-state index contributed by atoms with van der Waals surface area (Å²) in [5.41, 5.74) is 2.72. The molecule has 32 heavy (non-hydrogen) atoms. The topological polar surface area (TPSA) is 104 Å². The number of hydrogen-bond acceptors (Lipinski definition) is 5. The predicted octanol–water partition coefficient (Wildman–Crippen LogP) is 4.27. The SMILES string of the molecule is COc1c(C(=O)NC(C#N)c2ccccn2)ccc2[nH]nc(/C=C/c3ccc(F)cc3)c12. The van der Waals surface area contributed by atoms with Crippen molar-refractivity contribution in [2.45, 2.75) is 6.04 Å². The van der Waals surface area contributed by atoms with E-state index in [1.165, 1.54) is 19.2 Å². The number of halogens is 1. The lowest BCUT2D eigenvalue weighted by atomic mass is 10.1. The van der Waals surface area contributed by atoms with Crippen molar-refractivity contribution in [1.29, 1.82) is 5.26 Å². The van der Waals surface area contributed by atoms with Gasteiger partial charge in [-0.3, -0.25) is 14.9 Å². The van der Waals surface area contributed by atoms with Gasteiger partial charge in [-0.1, -0.05) is 24.3 Å². The van der Waals surface area contributed by atoms with E-state index in [0.29, 0.717) is 28.0 Å². The Morgan fingerprint density at radius 3 is 2.69 bits per heavy atom. The van der Waals surface area contributed by atoms with Crippen molar-refractivity contribution in [2.24, 2.45) is 0 Å². The van der Waals surface area contributed by atoms with E-state index in [4.69, 9.17) is 4.74 Å². The highest BCUT2D eigenvalue weighted by molar-refractivity contribution is 6.05. The third kappa shape index (κ3) is 4.18. The summed E-state index contributed by atoms with van der Waals surface area (Å²) >= 11 is 0. The van der Waals surface area contributed by atoms with Crippen LogP contribution in [-0.2, 0) is 0 Å². The summed E-state index contributed by atoms with van der Waals surface area (Å²) in [5, 5.41) is 20.0. The number of carbonyl (C=O) groups excluding carboxylic acids is 1. The zero-order valence-electron chi connectivity index (χ0n) is 17.0. The number of methoxy groups -OCH3 is 1. The Morgan fingerprint density at radius 2 is 2.00 bits per heavy atom. The Balaban J connectivity index is 1.68. The van der Waals surface area contributed by atoms with Crippen molar-refractivity contribution in [3.63, 3.8) is 0 Å². The minimum Gasteiger partial charge on any atom is -0.495 e. The molecular weight excluding hydrogens is 409 g/mol. The van der Waals surface area contributed by atoms with Crippen LogP contribution in [0.25, 0.3) is 23.1 Å². The molecule has 0 saturated carbocycles. The quantitative estimate of drug-likeness (QED) is 0.478. The maximum absolute atomic E-state index is 13.1. The molecule has 8 heteroatoms. The van der Waals surface area contributed by atoms with Gasteiger partial charge in [0.25, 0.3) is 5.91 Å². The van der Waals surface area contributed by atoms with Crippen molar-refractivity contribution in [2.75, 3.05) is 7.11 Å². The van der Waals surface area contributed by atoms with E-state index >= 15 is 0 Å². The van der Waals surface area contributed by atoms with E-state index in [-0.39, 0.29) is 11.4 Å². The predicted molar refractivity (Wildman–Crippen MR) is 118 cm³/mol. The van der Waals surface area contributed by atoms with Crippen LogP contribution in [0.1, 0.15) is 33.4 Å². The Kier molecular flexibility index (Phi) is 5.90. The van der Waals surface area contributed by atoms with Gasteiger partial charge in [-0.25, -0.2) is 4.39 Å². The van der Waals surface area contributed by atoms with Crippen LogP contribution in [0.5, 0.6) is 5.75 Å². The molecule has 0 spiro atoms. The van der Waals surface area contributed by atoms with E-state index in [9.17, 15) is 14.4 Å². The van der Waals surface area contributed by atoms with E-state index in [2.05, 4.69) is 26.6 Å². The fraction of sp³-hybridized carbons (Fsp3) is 0.0833. The molecule has 0 aliphatic carbocycles. The van der Waals surface area contributed by atoms with Crippen LogP contribution in [0.4, 0.5) is 4.39 Å². The molecule has 2 heterocycles. The molecule has 1 atom stereocenters. The van der Waals surface area contributed by atoms with Gasteiger partial charge in [0.05, 0.1) is 41.0 Å². The number of nitrogens with one attached hydrogen (secondary N) is 2. The third-order valence-electron chi connectivity index (χ3n) is 4.85.